The van der Waals surface area contributed by atoms with Crippen molar-refractivity contribution < 1.29 is 22.3 Å². The van der Waals surface area contributed by atoms with E-state index in [1.165, 1.54) is 13.8 Å². The largest absolute Gasteiger partial charge is 0.452 e. The molecule has 178 valence electrons. The molecule has 2 heterocycles. The number of benzene rings is 1. The monoisotopic (exact) mass is 493 g/mol. The molecule has 0 aliphatic rings. The second kappa shape index (κ2) is 9.64. The molecule has 33 heavy (non-hydrogen) atoms. The SMILES string of the molecule is COC(=O)NS(=O)(=O)c1sc(CC(C)C)cc1-c1ccc(Cn2ccnc2C(C)(C)F)cc1. The molecule has 3 rings (SSSR count). The summed E-state index contributed by atoms with van der Waals surface area (Å²) < 4.78 is 48.3. The fourth-order valence-corrected chi connectivity index (χ4v) is 6.33. The third-order valence-electron chi connectivity index (χ3n) is 4.87. The second-order valence-corrected chi connectivity index (χ2v) is 11.7. The Hall–Kier alpha value is -2.72. The van der Waals surface area contributed by atoms with E-state index in [4.69, 9.17) is 0 Å². The van der Waals surface area contributed by atoms with E-state index < -0.39 is 21.8 Å². The average Bonchev–Trinajstić information content (AvgIpc) is 3.35. The lowest BCUT2D eigenvalue weighted by Crippen LogP contribution is -2.30. The molecule has 1 amide bonds. The molecule has 10 heteroatoms. The van der Waals surface area contributed by atoms with Crippen LogP contribution in [0.1, 0.15) is 44.0 Å². The number of nitrogens with one attached hydrogen (secondary N) is 1. The van der Waals surface area contributed by atoms with Gasteiger partial charge in [-0.1, -0.05) is 38.1 Å². The van der Waals surface area contributed by atoms with Crippen LogP contribution >= 0.6 is 11.3 Å². The van der Waals surface area contributed by atoms with E-state index in [0.29, 0.717) is 35.8 Å². The molecular weight excluding hydrogens is 465 g/mol. The number of hydrogen-bond acceptors (Lipinski definition) is 6. The number of imidazole rings is 1. The van der Waals surface area contributed by atoms with Crippen molar-refractivity contribution in [3.05, 3.63) is 59.0 Å². The van der Waals surface area contributed by atoms with E-state index >= 15 is 0 Å². The Morgan fingerprint density at radius 2 is 1.94 bits per heavy atom. The van der Waals surface area contributed by atoms with E-state index in [-0.39, 0.29) is 4.21 Å². The third kappa shape index (κ3) is 6.00. The lowest BCUT2D eigenvalue weighted by atomic mass is 10.0. The zero-order valence-corrected chi connectivity index (χ0v) is 20.9. The highest BCUT2D eigenvalue weighted by atomic mass is 32.2. The normalized spacial score (nSPS) is 12.2. The molecule has 0 saturated carbocycles. The van der Waals surface area contributed by atoms with E-state index in [1.807, 2.05) is 35.1 Å². The first-order chi connectivity index (χ1) is 15.4. The molecule has 1 aromatic carbocycles. The highest BCUT2D eigenvalue weighted by Gasteiger charge is 2.27. The second-order valence-electron chi connectivity index (χ2n) is 8.66. The van der Waals surface area contributed by atoms with Crippen LogP contribution in [0.25, 0.3) is 11.1 Å². The fraction of sp³-hybridized carbons (Fsp3) is 0.391. The first-order valence-electron chi connectivity index (χ1n) is 10.4. The van der Waals surface area contributed by atoms with Gasteiger partial charge >= 0.3 is 6.09 Å². The molecule has 0 bridgehead atoms. The molecule has 0 aliphatic heterocycles. The summed E-state index contributed by atoms with van der Waals surface area (Å²) in [7, 11) is -2.99. The number of hydrogen-bond donors (Lipinski definition) is 1. The maximum atomic E-state index is 14.4. The van der Waals surface area contributed by atoms with Crippen molar-refractivity contribution in [2.75, 3.05) is 7.11 Å². The van der Waals surface area contributed by atoms with Crippen LogP contribution in [0.3, 0.4) is 0 Å². The van der Waals surface area contributed by atoms with Crippen LogP contribution in [0, 0.1) is 5.92 Å². The lowest BCUT2D eigenvalue weighted by molar-refractivity contribution is 0.177. The Kier molecular flexibility index (Phi) is 7.28. The first-order valence-corrected chi connectivity index (χ1v) is 12.7. The number of sulfonamides is 1. The number of alkyl halides is 1. The van der Waals surface area contributed by atoms with E-state index in [0.717, 1.165) is 28.9 Å². The minimum absolute atomic E-state index is 0.0624. The van der Waals surface area contributed by atoms with Gasteiger partial charge in [-0.2, -0.15) is 0 Å². The van der Waals surface area contributed by atoms with Crippen molar-refractivity contribution in [1.29, 1.82) is 0 Å². The van der Waals surface area contributed by atoms with Crippen LogP contribution in [0.4, 0.5) is 9.18 Å². The molecule has 1 N–H and O–H groups in total. The molecule has 0 fully saturated rings. The van der Waals surface area contributed by atoms with E-state index in [2.05, 4.69) is 23.6 Å². The van der Waals surface area contributed by atoms with Crippen molar-refractivity contribution in [2.45, 2.75) is 50.5 Å². The first kappa shape index (κ1) is 24.9. The molecule has 0 atom stereocenters. The van der Waals surface area contributed by atoms with E-state index in [9.17, 15) is 17.6 Å². The van der Waals surface area contributed by atoms with Crippen molar-refractivity contribution in [1.82, 2.24) is 14.3 Å². The van der Waals surface area contributed by atoms with Crippen molar-refractivity contribution >= 4 is 27.5 Å². The molecule has 3 aromatic rings. The maximum Gasteiger partial charge on any atom is 0.420 e. The summed E-state index contributed by atoms with van der Waals surface area (Å²) in [6, 6.07) is 9.24. The number of carbonyl (C=O) groups is 1. The number of nitrogens with zero attached hydrogens (tertiary/aromatic N) is 2. The van der Waals surface area contributed by atoms with Gasteiger partial charge in [0.2, 0.25) is 0 Å². The van der Waals surface area contributed by atoms with Gasteiger partial charge in [0, 0.05) is 29.4 Å². The Bertz CT molecular complexity index is 1220. The number of thiophene rings is 1. The van der Waals surface area contributed by atoms with Gasteiger partial charge in [0.1, 0.15) is 10.0 Å². The van der Waals surface area contributed by atoms with Crippen molar-refractivity contribution in [3.8, 4) is 11.1 Å². The predicted molar refractivity (Wildman–Crippen MR) is 126 cm³/mol. The van der Waals surface area contributed by atoms with Crippen LogP contribution < -0.4 is 4.72 Å². The lowest BCUT2D eigenvalue weighted by Gasteiger charge is -2.16. The number of methoxy groups -OCH3 is 1. The van der Waals surface area contributed by atoms with Crippen LogP contribution in [-0.2, 0) is 33.4 Å². The topological polar surface area (TPSA) is 90.3 Å². The van der Waals surface area contributed by atoms with Crippen LogP contribution in [-0.4, -0.2) is 31.2 Å². The molecule has 0 aliphatic carbocycles. The Balaban J connectivity index is 1.95. The zero-order chi connectivity index (χ0) is 24.4. The predicted octanol–water partition coefficient (Wildman–Crippen LogP) is 5.11. The third-order valence-corrected chi connectivity index (χ3v) is 7.87. The molecule has 0 spiro atoms. The standard InChI is InChI=1S/C23H28FN3O4S2/c1-15(2)12-18-13-19(20(32-18)33(29,30)26-22(28)31-5)17-8-6-16(7-9-17)14-27-11-10-25-21(27)23(3,4)24/h6-11,13,15H,12,14H2,1-5H3,(H,26,28). The summed E-state index contributed by atoms with van der Waals surface area (Å²) in [5, 5.41) is 0. The number of ether oxygens (including phenoxy) is 1. The molecule has 0 saturated heterocycles. The summed E-state index contributed by atoms with van der Waals surface area (Å²) in [5.74, 6) is 0.678. The number of halogens is 1. The van der Waals surface area contributed by atoms with Gasteiger partial charge in [-0.3, -0.25) is 0 Å². The zero-order valence-electron chi connectivity index (χ0n) is 19.3. The molecule has 2 aromatic heterocycles. The van der Waals surface area contributed by atoms with Gasteiger partial charge in [-0.15, -0.1) is 11.3 Å². The summed E-state index contributed by atoms with van der Waals surface area (Å²) in [5.41, 5.74) is 0.568. The van der Waals surface area contributed by atoms with Gasteiger partial charge in [-0.25, -0.2) is 27.3 Å². The van der Waals surface area contributed by atoms with Crippen LogP contribution in [0.5, 0.6) is 0 Å². The minimum atomic E-state index is -4.10. The van der Waals surface area contributed by atoms with Gasteiger partial charge in [0.25, 0.3) is 10.0 Å². The van der Waals surface area contributed by atoms with Gasteiger partial charge < -0.3 is 9.30 Å². The Morgan fingerprint density at radius 1 is 1.27 bits per heavy atom. The van der Waals surface area contributed by atoms with E-state index in [1.54, 1.807) is 17.0 Å². The molecule has 7 nitrogen and oxygen atoms in total. The number of aromatic nitrogens is 2. The molecule has 0 unspecified atom stereocenters. The van der Waals surface area contributed by atoms with Gasteiger partial charge in [0.15, 0.2) is 5.67 Å². The Labute approximate surface area is 197 Å². The van der Waals surface area contributed by atoms with Crippen molar-refractivity contribution in [3.63, 3.8) is 0 Å². The minimum Gasteiger partial charge on any atom is -0.452 e. The quantitative estimate of drug-likeness (QED) is 0.471. The summed E-state index contributed by atoms with van der Waals surface area (Å²) >= 11 is 1.14. The van der Waals surface area contributed by atoms with Crippen LogP contribution in [0.15, 0.2) is 46.9 Å². The molecule has 0 radical (unpaired) electrons. The average molecular weight is 494 g/mol. The fourth-order valence-electron chi connectivity index (χ4n) is 3.46. The smallest absolute Gasteiger partial charge is 0.420 e. The maximum absolute atomic E-state index is 14.4. The summed E-state index contributed by atoms with van der Waals surface area (Å²) in [4.78, 5) is 16.6. The summed E-state index contributed by atoms with van der Waals surface area (Å²) in [6.45, 7) is 7.46. The number of carbonyl (C=O) groups excluding carboxylic acids is 1. The van der Waals surface area contributed by atoms with Crippen LogP contribution in [0.2, 0.25) is 0 Å². The highest BCUT2D eigenvalue weighted by Crippen LogP contribution is 2.36. The van der Waals surface area contributed by atoms with Crippen molar-refractivity contribution in [2.24, 2.45) is 5.92 Å². The highest BCUT2D eigenvalue weighted by molar-refractivity contribution is 7.92. The Morgan fingerprint density at radius 3 is 2.52 bits per heavy atom. The van der Waals surface area contributed by atoms with Gasteiger partial charge in [-0.05, 0) is 43.4 Å². The van der Waals surface area contributed by atoms with Gasteiger partial charge in [0.05, 0.1) is 7.11 Å². The summed E-state index contributed by atoms with van der Waals surface area (Å²) in [6.07, 6.45) is 2.97. The number of amides is 1. The number of rotatable bonds is 8. The molecular formula is C23H28FN3O4S2.